The Hall–Kier alpha value is -2.04. The minimum Gasteiger partial charge on any atom is -0.360 e. The molecule has 2 amide bonds. The maximum Gasteiger partial charge on any atom is 0.239 e. The number of benzene rings is 1. The summed E-state index contributed by atoms with van der Waals surface area (Å²) < 4.78 is 0. The predicted octanol–water partition coefficient (Wildman–Crippen LogP) is 1.75. The van der Waals surface area contributed by atoms with E-state index in [1.165, 1.54) is 0 Å². The third-order valence-electron chi connectivity index (χ3n) is 4.26. The molecule has 1 saturated carbocycles. The molecule has 5 heteroatoms. The molecule has 21 heavy (non-hydrogen) atoms. The van der Waals surface area contributed by atoms with Gasteiger partial charge in [0.2, 0.25) is 11.8 Å². The molecule has 112 valence electrons. The minimum absolute atomic E-state index is 0.0554. The van der Waals surface area contributed by atoms with Gasteiger partial charge in [-0.05, 0) is 37.1 Å². The summed E-state index contributed by atoms with van der Waals surface area (Å²) in [5.41, 5.74) is 1.85. The second-order valence-electron chi connectivity index (χ2n) is 5.79. The first-order chi connectivity index (χ1) is 10.2. The number of hydrogen-bond donors (Lipinski definition) is 2. The van der Waals surface area contributed by atoms with Gasteiger partial charge >= 0.3 is 0 Å². The third-order valence-corrected chi connectivity index (χ3v) is 4.26. The van der Waals surface area contributed by atoms with Gasteiger partial charge in [-0.25, -0.2) is 0 Å². The van der Waals surface area contributed by atoms with Crippen LogP contribution in [-0.4, -0.2) is 31.4 Å². The molecule has 5 nitrogen and oxygen atoms in total. The van der Waals surface area contributed by atoms with Gasteiger partial charge in [0, 0.05) is 30.4 Å². The number of carbonyl (C=O) groups is 2. The van der Waals surface area contributed by atoms with Crippen molar-refractivity contribution in [1.82, 2.24) is 5.32 Å². The fourth-order valence-electron chi connectivity index (χ4n) is 3.05. The van der Waals surface area contributed by atoms with Crippen LogP contribution in [0.1, 0.15) is 25.7 Å². The van der Waals surface area contributed by atoms with E-state index in [0.29, 0.717) is 13.1 Å². The largest absolute Gasteiger partial charge is 0.360 e. The van der Waals surface area contributed by atoms with Crippen LogP contribution in [-0.2, 0) is 9.59 Å². The average molecular weight is 287 g/mol. The van der Waals surface area contributed by atoms with Gasteiger partial charge in [-0.15, -0.1) is 0 Å². The van der Waals surface area contributed by atoms with Crippen molar-refractivity contribution >= 4 is 23.2 Å². The zero-order valence-electron chi connectivity index (χ0n) is 12.1. The smallest absolute Gasteiger partial charge is 0.239 e. The lowest BCUT2D eigenvalue weighted by atomic mass is 10.1. The molecule has 0 bridgehead atoms. The summed E-state index contributed by atoms with van der Waals surface area (Å²) >= 11 is 0. The Labute approximate surface area is 124 Å². The molecule has 1 saturated heterocycles. The third kappa shape index (κ3) is 3.35. The number of rotatable bonds is 3. The van der Waals surface area contributed by atoms with Crippen LogP contribution in [0.2, 0.25) is 0 Å². The number of hydrogen-bond acceptors (Lipinski definition) is 3. The van der Waals surface area contributed by atoms with Crippen molar-refractivity contribution in [2.75, 3.05) is 29.9 Å². The highest BCUT2D eigenvalue weighted by molar-refractivity contribution is 5.93. The standard InChI is InChI=1S/C16H21N3O2/c20-15-11-19(10-9-17-15)14-7-5-13(6-8-14)18-16(21)12-3-1-2-4-12/h5-8,12H,1-4,9-11H2,(H,17,20)(H,18,21). The Balaban J connectivity index is 1.61. The fraction of sp³-hybridized carbons (Fsp3) is 0.500. The van der Waals surface area contributed by atoms with Crippen molar-refractivity contribution in [2.24, 2.45) is 5.92 Å². The Morgan fingerprint density at radius 3 is 2.57 bits per heavy atom. The molecular weight excluding hydrogens is 266 g/mol. The minimum atomic E-state index is 0.0554. The molecular formula is C16H21N3O2. The number of carbonyl (C=O) groups excluding carboxylic acids is 2. The van der Waals surface area contributed by atoms with Gasteiger partial charge in [0.25, 0.3) is 0 Å². The highest BCUT2D eigenvalue weighted by Crippen LogP contribution is 2.26. The molecule has 0 radical (unpaired) electrons. The van der Waals surface area contributed by atoms with Crippen molar-refractivity contribution < 1.29 is 9.59 Å². The second kappa shape index (κ2) is 6.16. The Morgan fingerprint density at radius 2 is 1.90 bits per heavy atom. The summed E-state index contributed by atoms with van der Waals surface area (Å²) in [6.07, 6.45) is 4.34. The molecule has 0 aromatic heterocycles. The van der Waals surface area contributed by atoms with E-state index in [2.05, 4.69) is 10.6 Å². The normalized spacial score (nSPS) is 19.4. The van der Waals surface area contributed by atoms with Crippen LogP contribution in [0.15, 0.2) is 24.3 Å². The Kier molecular flexibility index (Phi) is 4.08. The lowest BCUT2D eigenvalue weighted by Gasteiger charge is -2.28. The highest BCUT2D eigenvalue weighted by Gasteiger charge is 2.22. The zero-order chi connectivity index (χ0) is 14.7. The van der Waals surface area contributed by atoms with E-state index in [4.69, 9.17) is 0 Å². The quantitative estimate of drug-likeness (QED) is 0.890. The van der Waals surface area contributed by atoms with E-state index in [-0.39, 0.29) is 17.7 Å². The lowest BCUT2D eigenvalue weighted by molar-refractivity contribution is -0.120. The lowest BCUT2D eigenvalue weighted by Crippen LogP contribution is -2.47. The van der Waals surface area contributed by atoms with E-state index in [1.807, 2.05) is 29.2 Å². The average Bonchev–Trinajstić information content (AvgIpc) is 3.02. The summed E-state index contributed by atoms with van der Waals surface area (Å²) in [5, 5.41) is 5.80. The van der Waals surface area contributed by atoms with Crippen LogP contribution in [0.3, 0.4) is 0 Å². The van der Waals surface area contributed by atoms with Crippen LogP contribution in [0.25, 0.3) is 0 Å². The second-order valence-corrected chi connectivity index (χ2v) is 5.79. The molecule has 0 unspecified atom stereocenters. The first-order valence-corrected chi connectivity index (χ1v) is 7.65. The van der Waals surface area contributed by atoms with Crippen LogP contribution in [0, 0.1) is 5.92 Å². The van der Waals surface area contributed by atoms with Gasteiger partial charge in [0.05, 0.1) is 6.54 Å². The van der Waals surface area contributed by atoms with Gasteiger partial charge in [-0.3, -0.25) is 9.59 Å². The molecule has 1 aliphatic heterocycles. The Morgan fingerprint density at radius 1 is 1.19 bits per heavy atom. The van der Waals surface area contributed by atoms with E-state index in [0.717, 1.165) is 43.6 Å². The van der Waals surface area contributed by atoms with Gasteiger partial charge < -0.3 is 15.5 Å². The highest BCUT2D eigenvalue weighted by atomic mass is 16.2. The summed E-state index contributed by atoms with van der Waals surface area (Å²) in [4.78, 5) is 25.5. The molecule has 0 spiro atoms. The number of nitrogens with zero attached hydrogens (tertiary/aromatic N) is 1. The summed E-state index contributed by atoms with van der Waals surface area (Å²) in [5.74, 6) is 0.368. The van der Waals surface area contributed by atoms with Crippen molar-refractivity contribution in [3.8, 4) is 0 Å². The number of anilines is 2. The monoisotopic (exact) mass is 287 g/mol. The molecule has 2 N–H and O–H groups in total. The fourth-order valence-corrected chi connectivity index (χ4v) is 3.05. The van der Waals surface area contributed by atoms with Crippen molar-refractivity contribution in [1.29, 1.82) is 0 Å². The maximum atomic E-state index is 12.1. The molecule has 1 aromatic rings. The van der Waals surface area contributed by atoms with E-state index >= 15 is 0 Å². The number of amides is 2. The summed E-state index contributed by atoms with van der Waals surface area (Å²) in [6.45, 7) is 1.90. The van der Waals surface area contributed by atoms with Gasteiger partial charge in [-0.2, -0.15) is 0 Å². The van der Waals surface area contributed by atoms with Crippen molar-refractivity contribution in [2.45, 2.75) is 25.7 Å². The van der Waals surface area contributed by atoms with Gasteiger partial charge in [0.15, 0.2) is 0 Å². The number of nitrogens with one attached hydrogen (secondary N) is 2. The van der Waals surface area contributed by atoms with Crippen LogP contribution in [0.5, 0.6) is 0 Å². The molecule has 2 aliphatic rings. The SMILES string of the molecule is O=C1CN(c2ccc(NC(=O)C3CCCC3)cc2)CCN1. The molecule has 0 atom stereocenters. The maximum absolute atomic E-state index is 12.1. The van der Waals surface area contributed by atoms with Crippen molar-refractivity contribution in [3.63, 3.8) is 0 Å². The van der Waals surface area contributed by atoms with E-state index in [9.17, 15) is 9.59 Å². The first kappa shape index (κ1) is 13.9. The van der Waals surface area contributed by atoms with Crippen molar-refractivity contribution in [3.05, 3.63) is 24.3 Å². The first-order valence-electron chi connectivity index (χ1n) is 7.65. The summed E-state index contributed by atoms with van der Waals surface area (Å²) in [7, 11) is 0. The van der Waals surface area contributed by atoms with Crippen LogP contribution < -0.4 is 15.5 Å². The topological polar surface area (TPSA) is 61.4 Å². The van der Waals surface area contributed by atoms with Crippen LogP contribution in [0.4, 0.5) is 11.4 Å². The predicted molar refractivity (Wildman–Crippen MR) is 82.3 cm³/mol. The number of piperazine rings is 1. The Bertz CT molecular complexity index is 521. The summed E-state index contributed by atoms with van der Waals surface area (Å²) in [6, 6.07) is 7.75. The molecule has 3 rings (SSSR count). The van der Waals surface area contributed by atoms with Crippen LogP contribution >= 0.6 is 0 Å². The van der Waals surface area contributed by atoms with Gasteiger partial charge in [-0.1, -0.05) is 12.8 Å². The molecule has 1 heterocycles. The van der Waals surface area contributed by atoms with E-state index in [1.54, 1.807) is 0 Å². The zero-order valence-corrected chi connectivity index (χ0v) is 12.1. The molecule has 1 aromatic carbocycles. The van der Waals surface area contributed by atoms with Gasteiger partial charge in [0.1, 0.15) is 0 Å². The molecule has 2 fully saturated rings. The molecule has 1 aliphatic carbocycles. The van der Waals surface area contributed by atoms with E-state index < -0.39 is 0 Å².